The van der Waals surface area contributed by atoms with Crippen molar-refractivity contribution in [1.82, 2.24) is 14.8 Å². The first kappa shape index (κ1) is 14.1. The molecule has 0 saturated carbocycles. The molecule has 1 saturated heterocycles. The van der Waals surface area contributed by atoms with Gasteiger partial charge in [-0.1, -0.05) is 0 Å². The Kier molecular flexibility index (Phi) is 4.22. The predicted molar refractivity (Wildman–Crippen MR) is 88.6 cm³/mol. The van der Waals surface area contributed by atoms with Crippen LogP contribution in [0, 0.1) is 0 Å². The van der Waals surface area contributed by atoms with Gasteiger partial charge >= 0.3 is 0 Å². The zero-order valence-electron chi connectivity index (χ0n) is 12.5. The van der Waals surface area contributed by atoms with Crippen LogP contribution < -0.4 is 11.1 Å². The first-order chi connectivity index (χ1) is 10.2. The summed E-state index contributed by atoms with van der Waals surface area (Å²) < 4.78 is 0. The first-order valence-corrected chi connectivity index (χ1v) is 7.52. The highest BCUT2D eigenvalue weighted by molar-refractivity contribution is 5.83. The fraction of sp³-hybridized carbons (Fsp3) is 0.438. The second-order valence-electron chi connectivity index (χ2n) is 5.72. The number of benzene rings is 1. The Morgan fingerprint density at radius 2 is 1.95 bits per heavy atom. The Balaban J connectivity index is 1.54. The number of rotatable bonds is 4. The molecule has 3 rings (SSSR count). The van der Waals surface area contributed by atoms with Crippen LogP contribution in [0.15, 0.2) is 30.3 Å². The summed E-state index contributed by atoms with van der Waals surface area (Å²) in [6.07, 6.45) is 0. The summed E-state index contributed by atoms with van der Waals surface area (Å²) in [6.45, 7) is 6.63. The number of likely N-dealkylation sites (N-methyl/N-ethyl adjacent to an activating group) is 1. The van der Waals surface area contributed by atoms with Crippen molar-refractivity contribution < 1.29 is 0 Å². The molecule has 5 nitrogen and oxygen atoms in total. The predicted octanol–water partition coefficient (Wildman–Crippen LogP) is 1.48. The van der Waals surface area contributed by atoms with Gasteiger partial charge in [0, 0.05) is 50.3 Å². The highest BCUT2D eigenvalue weighted by Gasteiger charge is 2.12. The Morgan fingerprint density at radius 3 is 2.76 bits per heavy atom. The number of aromatic nitrogens is 1. The molecule has 21 heavy (non-hydrogen) atoms. The van der Waals surface area contributed by atoms with E-state index >= 15 is 0 Å². The van der Waals surface area contributed by atoms with Crippen LogP contribution in [0.2, 0.25) is 0 Å². The van der Waals surface area contributed by atoms with Crippen LogP contribution in [0.1, 0.15) is 0 Å². The number of piperazine rings is 1. The van der Waals surface area contributed by atoms with Gasteiger partial charge in [-0.05, 0) is 37.4 Å². The topological polar surface area (TPSA) is 57.4 Å². The van der Waals surface area contributed by atoms with E-state index in [1.165, 1.54) is 0 Å². The highest BCUT2D eigenvalue weighted by Crippen LogP contribution is 2.17. The van der Waals surface area contributed by atoms with Crippen LogP contribution >= 0.6 is 0 Å². The lowest BCUT2D eigenvalue weighted by Gasteiger charge is -2.32. The second kappa shape index (κ2) is 6.28. The minimum atomic E-state index is 0.778. The number of hydrogen-bond acceptors (Lipinski definition) is 5. The van der Waals surface area contributed by atoms with E-state index < -0.39 is 0 Å². The summed E-state index contributed by atoms with van der Waals surface area (Å²) in [4.78, 5) is 9.49. The lowest BCUT2D eigenvalue weighted by molar-refractivity contribution is 0.158. The number of anilines is 2. The molecule has 1 aliphatic rings. The summed E-state index contributed by atoms with van der Waals surface area (Å²) in [5, 5.41) is 4.50. The third-order valence-electron chi connectivity index (χ3n) is 4.04. The third-order valence-corrected chi connectivity index (χ3v) is 4.04. The second-order valence-corrected chi connectivity index (χ2v) is 5.72. The van der Waals surface area contributed by atoms with Gasteiger partial charge in [0.25, 0.3) is 0 Å². The third kappa shape index (κ3) is 3.62. The van der Waals surface area contributed by atoms with E-state index in [0.717, 1.165) is 61.7 Å². The average Bonchev–Trinajstić information content (AvgIpc) is 2.49. The summed E-state index contributed by atoms with van der Waals surface area (Å²) in [6, 6.07) is 9.90. The van der Waals surface area contributed by atoms with Crippen LogP contribution in [0.5, 0.6) is 0 Å². The molecule has 0 aliphatic carbocycles. The van der Waals surface area contributed by atoms with Crippen molar-refractivity contribution in [3.05, 3.63) is 30.3 Å². The number of fused-ring (bicyclic) bond motifs is 1. The molecule has 0 atom stereocenters. The minimum absolute atomic E-state index is 0.778. The molecule has 112 valence electrons. The van der Waals surface area contributed by atoms with Crippen molar-refractivity contribution in [3.63, 3.8) is 0 Å². The number of nitrogens with zero attached hydrogens (tertiary/aromatic N) is 3. The smallest absolute Gasteiger partial charge is 0.126 e. The minimum Gasteiger partial charge on any atom is -0.399 e. The first-order valence-electron chi connectivity index (χ1n) is 7.52. The number of nitrogens with two attached hydrogens (primary N) is 1. The van der Waals surface area contributed by atoms with Crippen LogP contribution in [0.25, 0.3) is 10.9 Å². The Bertz CT molecular complexity index is 605. The molecule has 5 heteroatoms. The van der Waals surface area contributed by atoms with Gasteiger partial charge in [0.15, 0.2) is 0 Å². The normalized spacial score (nSPS) is 17.2. The monoisotopic (exact) mass is 285 g/mol. The van der Waals surface area contributed by atoms with E-state index in [0.29, 0.717) is 0 Å². The van der Waals surface area contributed by atoms with Crippen molar-refractivity contribution in [2.45, 2.75) is 0 Å². The van der Waals surface area contributed by atoms with Crippen LogP contribution in [-0.2, 0) is 0 Å². The summed E-state index contributed by atoms with van der Waals surface area (Å²) in [7, 11) is 2.18. The fourth-order valence-corrected chi connectivity index (χ4v) is 2.66. The van der Waals surface area contributed by atoms with E-state index in [1.807, 2.05) is 24.3 Å². The number of pyridine rings is 1. The molecule has 3 N–H and O–H groups in total. The van der Waals surface area contributed by atoms with E-state index in [1.54, 1.807) is 0 Å². The van der Waals surface area contributed by atoms with Gasteiger partial charge < -0.3 is 16.0 Å². The molecule has 0 spiro atoms. The molecular formula is C16H23N5. The van der Waals surface area contributed by atoms with Crippen LogP contribution in [-0.4, -0.2) is 61.1 Å². The van der Waals surface area contributed by atoms with E-state index in [4.69, 9.17) is 5.73 Å². The summed E-state index contributed by atoms with van der Waals surface area (Å²) in [5.41, 5.74) is 7.54. The molecule has 1 aliphatic heterocycles. The van der Waals surface area contributed by atoms with Gasteiger partial charge in [0.05, 0.1) is 5.52 Å². The number of nitrogens with one attached hydrogen (secondary N) is 1. The zero-order valence-corrected chi connectivity index (χ0v) is 12.5. The largest absolute Gasteiger partial charge is 0.399 e. The molecule has 0 unspecified atom stereocenters. The van der Waals surface area contributed by atoms with Crippen LogP contribution in [0.3, 0.4) is 0 Å². The molecule has 1 aromatic heterocycles. The van der Waals surface area contributed by atoms with Crippen molar-refractivity contribution in [2.24, 2.45) is 0 Å². The molecule has 0 bridgehead atoms. The van der Waals surface area contributed by atoms with Crippen molar-refractivity contribution >= 4 is 22.4 Å². The maximum atomic E-state index is 5.78. The van der Waals surface area contributed by atoms with E-state index in [2.05, 4.69) is 33.2 Å². The van der Waals surface area contributed by atoms with Gasteiger partial charge in [-0.15, -0.1) is 0 Å². The molecule has 2 aromatic rings. The summed E-state index contributed by atoms with van der Waals surface area (Å²) in [5.74, 6) is 0.932. The van der Waals surface area contributed by atoms with Crippen molar-refractivity contribution in [3.8, 4) is 0 Å². The van der Waals surface area contributed by atoms with Gasteiger partial charge in [0.1, 0.15) is 5.82 Å². The summed E-state index contributed by atoms with van der Waals surface area (Å²) >= 11 is 0. The average molecular weight is 285 g/mol. The van der Waals surface area contributed by atoms with Gasteiger partial charge in [-0.3, -0.25) is 4.90 Å². The SMILES string of the molecule is CN1CCN(CCNc2ccc3cc(N)ccc3n2)CC1. The van der Waals surface area contributed by atoms with E-state index in [9.17, 15) is 0 Å². The maximum Gasteiger partial charge on any atom is 0.126 e. The number of nitrogen functional groups attached to an aromatic ring is 1. The van der Waals surface area contributed by atoms with Crippen molar-refractivity contribution in [2.75, 3.05) is 57.4 Å². The molecule has 0 radical (unpaired) electrons. The van der Waals surface area contributed by atoms with Crippen LogP contribution in [0.4, 0.5) is 11.5 Å². The molecule has 1 aromatic carbocycles. The van der Waals surface area contributed by atoms with Gasteiger partial charge in [-0.25, -0.2) is 4.98 Å². The highest BCUT2D eigenvalue weighted by atomic mass is 15.2. The Morgan fingerprint density at radius 1 is 1.14 bits per heavy atom. The zero-order chi connectivity index (χ0) is 14.7. The van der Waals surface area contributed by atoms with Crippen molar-refractivity contribution in [1.29, 1.82) is 0 Å². The standard InChI is InChI=1S/C16H23N5/c1-20-8-10-21(11-9-20)7-6-18-16-5-2-13-12-14(17)3-4-15(13)19-16/h2-5,12H,6-11,17H2,1H3,(H,18,19). The Labute approximate surface area is 125 Å². The van der Waals surface area contributed by atoms with E-state index in [-0.39, 0.29) is 0 Å². The van der Waals surface area contributed by atoms with Gasteiger partial charge in [0.2, 0.25) is 0 Å². The lowest BCUT2D eigenvalue weighted by atomic mass is 10.2. The molecule has 1 fully saturated rings. The molecule has 2 heterocycles. The Hall–Kier alpha value is -1.85. The fourth-order valence-electron chi connectivity index (χ4n) is 2.66. The maximum absolute atomic E-state index is 5.78. The molecule has 0 amide bonds. The number of hydrogen-bond donors (Lipinski definition) is 2. The lowest BCUT2D eigenvalue weighted by Crippen LogP contribution is -2.45. The molecular weight excluding hydrogens is 262 g/mol. The quantitative estimate of drug-likeness (QED) is 0.833. The van der Waals surface area contributed by atoms with Gasteiger partial charge in [-0.2, -0.15) is 0 Å².